The molecule has 4 aromatic rings. The molecule has 5 heterocycles. The summed E-state index contributed by atoms with van der Waals surface area (Å²) in [6, 6.07) is 13.3. The van der Waals surface area contributed by atoms with E-state index in [9.17, 15) is 13.2 Å². The highest BCUT2D eigenvalue weighted by Gasteiger charge is 2.36. The molecule has 12 nitrogen and oxygen atoms in total. The zero-order chi connectivity index (χ0) is 30.0. The van der Waals surface area contributed by atoms with Crippen molar-refractivity contribution in [2.24, 2.45) is 0 Å². The Bertz CT molecular complexity index is 1750. The zero-order valence-corrected chi connectivity index (χ0v) is 24.7. The SMILES string of the molecule is C=CS(=O)(=O)N[C@]1(C)CCN(Cc2ccnc(C(=O)Nc3ccc(-c4cc5c(N6CCOCC6)ncnc5[nH]4)cc3)c2)C1. The van der Waals surface area contributed by atoms with Crippen LogP contribution in [-0.4, -0.2) is 84.1 Å². The minimum absolute atomic E-state index is 0.306. The van der Waals surface area contributed by atoms with Gasteiger partial charge in [-0.3, -0.25) is 14.7 Å². The third-order valence-electron chi connectivity index (χ3n) is 7.79. The van der Waals surface area contributed by atoms with E-state index in [0.717, 1.165) is 58.7 Å². The second kappa shape index (κ2) is 11.8. The normalized spacial score (nSPS) is 19.5. The van der Waals surface area contributed by atoms with Crippen LogP contribution in [0.3, 0.4) is 0 Å². The lowest BCUT2D eigenvalue weighted by atomic mass is 10.0. The van der Waals surface area contributed by atoms with E-state index < -0.39 is 15.6 Å². The highest BCUT2D eigenvalue weighted by atomic mass is 32.2. The Labute approximate surface area is 250 Å². The topological polar surface area (TPSA) is 145 Å². The number of benzene rings is 1. The molecule has 43 heavy (non-hydrogen) atoms. The number of likely N-dealkylation sites (tertiary alicyclic amines) is 1. The molecule has 1 aromatic carbocycles. The molecule has 0 unspecified atom stereocenters. The van der Waals surface area contributed by atoms with E-state index in [-0.39, 0.29) is 5.91 Å². The second-order valence-corrected chi connectivity index (χ2v) is 12.8. The number of nitrogens with one attached hydrogen (secondary N) is 3. The quantitative estimate of drug-likeness (QED) is 0.263. The maximum Gasteiger partial charge on any atom is 0.274 e. The molecule has 0 spiro atoms. The molecule has 1 atom stereocenters. The maximum absolute atomic E-state index is 13.0. The summed E-state index contributed by atoms with van der Waals surface area (Å²) in [4.78, 5) is 34.0. The lowest BCUT2D eigenvalue weighted by Crippen LogP contribution is -2.46. The van der Waals surface area contributed by atoms with Crippen molar-refractivity contribution in [1.29, 1.82) is 0 Å². The van der Waals surface area contributed by atoms with Gasteiger partial charge in [-0.1, -0.05) is 18.7 Å². The van der Waals surface area contributed by atoms with E-state index in [2.05, 4.69) is 52.4 Å². The van der Waals surface area contributed by atoms with Gasteiger partial charge in [-0.25, -0.2) is 23.1 Å². The number of hydrogen-bond donors (Lipinski definition) is 3. The molecule has 3 N–H and O–H groups in total. The Morgan fingerprint density at radius 1 is 1.12 bits per heavy atom. The summed E-state index contributed by atoms with van der Waals surface area (Å²) < 4.78 is 32.1. The van der Waals surface area contributed by atoms with Crippen LogP contribution in [-0.2, 0) is 21.3 Å². The molecular formula is C30H34N8O4S. The van der Waals surface area contributed by atoms with Crippen molar-refractivity contribution in [3.05, 3.63) is 78.2 Å². The van der Waals surface area contributed by atoms with Crippen LogP contribution in [0.25, 0.3) is 22.3 Å². The Balaban J connectivity index is 1.10. The van der Waals surface area contributed by atoms with Gasteiger partial charge in [0.25, 0.3) is 5.91 Å². The van der Waals surface area contributed by atoms with Crippen LogP contribution in [0, 0.1) is 0 Å². The largest absolute Gasteiger partial charge is 0.378 e. The van der Waals surface area contributed by atoms with Crippen LogP contribution in [0.2, 0.25) is 0 Å². The molecule has 0 radical (unpaired) electrons. The summed E-state index contributed by atoms with van der Waals surface area (Å²) in [7, 11) is -3.52. The first-order valence-electron chi connectivity index (χ1n) is 14.1. The average molecular weight is 603 g/mol. The summed E-state index contributed by atoms with van der Waals surface area (Å²) in [5.41, 5.74) is 3.94. The van der Waals surface area contributed by atoms with Gasteiger partial charge in [0.2, 0.25) is 10.0 Å². The molecular weight excluding hydrogens is 568 g/mol. The van der Waals surface area contributed by atoms with Crippen molar-refractivity contribution in [2.75, 3.05) is 49.6 Å². The van der Waals surface area contributed by atoms with Crippen LogP contribution in [0.4, 0.5) is 11.5 Å². The zero-order valence-electron chi connectivity index (χ0n) is 23.9. The summed E-state index contributed by atoms with van der Waals surface area (Å²) >= 11 is 0. The first-order chi connectivity index (χ1) is 20.7. The molecule has 2 saturated heterocycles. The number of fused-ring (bicyclic) bond motifs is 1. The molecule has 2 aliphatic heterocycles. The Hall–Kier alpha value is -4.17. The van der Waals surface area contributed by atoms with Gasteiger partial charge in [-0.15, -0.1) is 0 Å². The lowest BCUT2D eigenvalue weighted by Gasteiger charge is -2.27. The average Bonchev–Trinajstić information content (AvgIpc) is 3.61. The Morgan fingerprint density at radius 2 is 1.91 bits per heavy atom. The monoisotopic (exact) mass is 602 g/mol. The number of nitrogens with zero attached hydrogens (tertiary/aromatic N) is 5. The van der Waals surface area contributed by atoms with Crippen molar-refractivity contribution < 1.29 is 17.9 Å². The predicted octanol–water partition coefficient (Wildman–Crippen LogP) is 3.14. The molecule has 2 fully saturated rings. The number of anilines is 2. The van der Waals surface area contributed by atoms with Gasteiger partial charge in [0, 0.05) is 61.2 Å². The summed E-state index contributed by atoms with van der Waals surface area (Å²) in [6.07, 6.45) is 3.87. The lowest BCUT2D eigenvalue weighted by molar-refractivity contribution is 0.102. The minimum atomic E-state index is -3.52. The first-order valence-corrected chi connectivity index (χ1v) is 15.7. The van der Waals surface area contributed by atoms with Crippen LogP contribution in [0.1, 0.15) is 29.4 Å². The number of aromatic amines is 1. The highest BCUT2D eigenvalue weighted by molar-refractivity contribution is 7.92. The Morgan fingerprint density at radius 3 is 2.67 bits per heavy atom. The summed E-state index contributed by atoms with van der Waals surface area (Å²) in [5, 5.41) is 4.82. The van der Waals surface area contributed by atoms with E-state index in [0.29, 0.717) is 44.1 Å². The fourth-order valence-electron chi connectivity index (χ4n) is 5.65. The van der Waals surface area contributed by atoms with Gasteiger partial charge in [0.1, 0.15) is 23.5 Å². The van der Waals surface area contributed by atoms with Gasteiger partial charge >= 0.3 is 0 Å². The fraction of sp³-hybridized carbons (Fsp3) is 0.333. The number of rotatable bonds is 9. The number of carbonyl (C=O) groups excluding carboxylic acids is 1. The van der Waals surface area contributed by atoms with Gasteiger partial charge in [0.05, 0.1) is 18.6 Å². The summed E-state index contributed by atoms with van der Waals surface area (Å²) in [6.45, 7) is 10.0. The highest BCUT2D eigenvalue weighted by Crippen LogP contribution is 2.30. The van der Waals surface area contributed by atoms with Crippen molar-refractivity contribution in [3.8, 4) is 11.3 Å². The van der Waals surface area contributed by atoms with Crippen molar-refractivity contribution in [3.63, 3.8) is 0 Å². The third kappa shape index (κ3) is 6.59. The molecule has 1 amide bonds. The number of carbonyl (C=O) groups is 1. The third-order valence-corrected chi connectivity index (χ3v) is 9.01. The molecule has 0 saturated carbocycles. The number of pyridine rings is 1. The van der Waals surface area contributed by atoms with Crippen molar-refractivity contribution in [2.45, 2.75) is 25.4 Å². The molecule has 0 aliphatic carbocycles. The van der Waals surface area contributed by atoms with Crippen molar-refractivity contribution in [1.82, 2.24) is 29.6 Å². The number of ether oxygens (including phenoxy) is 1. The van der Waals surface area contributed by atoms with E-state index in [1.165, 1.54) is 0 Å². The van der Waals surface area contributed by atoms with Gasteiger partial charge in [0.15, 0.2) is 0 Å². The van der Waals surface area contributed by atoms with Gasteiger partial charge in [-0.2, -0.15) is 0 Å². The molecule has 2 aliphatic rings. The maximum atomic E-state index is 13.0. The molecule has 0 bridgehead atoms. The molecule has 6 rings (SSSR count). The number of morpholine rings is 1. The van der Waals surface area contributed by atoms with Crippen LogP contribution >= 0.6 is 0 Å². The number of hydrogen-bond acceptors (Lipinski definition) is 9. The second-order valence-electron chi connectivity index (χ2n) is 11.2. The van der Waals surface area contributed by atoms with Gasteiger partial charge in [-0.05, 0) is 54.8 Å². The number of sulfonamides is 1. The number of H-pyrrole nitrogens is 1. The molecule has 3 aromatic heterocycles. The number of aromatic nitrogens is 4. The molecule has 224 valence electrons. The number of amides is 1. The first kappa shape index (κ1) is 28.9. The predicted molar refractivity (Wildman–Crippen MR) is 165 cm³/mol. The van der Waals surface area contributed by atoms with Crippen molar-refractivity contribution >= 4 is 38.5 Å². The van der Waals surface area contributed by atoms with E-state index in [4.69, 9.17) is 4.74 Å². The van der Waals surface area contributed by atoms with E-state index in [1.54, 1.807) is 18.6 Å². The standard InChI is InChI=1S/C30H34N8O4S/c1-3-43(40,41)36-30(2)9-11-37(19-30)18-21-8-10-31-26(16-21)29(39)34-23-6-4-22(5-7-23)25-17-24-27(35-25)32-20-33-28(24)38-12-14-42-15-13-38/h3-8,10,16-17,20,36H,1,9,11-15,18-19H2,2H3,(H,34,39)(H,32,33,35)/t30-/m1/s1. The Kier molecular flexibility index (Phi) is 7.97. The van der Waals surface area contributed by atoms with E-state index >= 15 is 0 Å². The van der Waals surface area contributed by atoms with Crippen LogP contribution in [0.5, 0.6) is 0 Å². The fourth-order valence-corrected chi connectivity index (χ4v) is 6.59. The minimum Gasteiger partial charge on any atom is -0.378 e. The van der Waals surface area contributed by atoms with Gasteiger partial charge < -0.3 is 19.9 Å². The van der Waals surface area contributed by atoms with Crippen LogP contribution in [0.15, 0.2) is 67.0 Å². The molecule has 13 heteroatoms. The smallest absolute Gasteiger partial charge is 0.274 e. The van der Waals surface area contributed by atoms with Crippen LogP contribution < -0.4 is 14.9 Å². The summed E-state index contributed by atoms with van der Waals surface area (Å²) in [5.74, 6) is 0.584. The van der Waals surface area contributed by atoms with E-state index in [1.807, 2.05) is 37.3 Å².